The van der Waals surface area contributed by atoms with E-state index in [-0.39, 0.29) is 11.9 Å². The lowest BCUT2D eigenvalue weighted by Crippen LogP contribution is -2.18. The molecule has 138 valence electrons. The maximum Gasteiger partial charge on any atom is 0.132 e. The highest BCUT2D eigenvalue weighted by atomic mass is 32.1. The molecule has 0 radical (unpaired) electrons. The van der Waals surface area contributed by atoms with Gasteiger partial charge in [-0.3, -0.25) is 0 Å². The Morgan fingerprint density at radius 1 is 1.15 bits per heavy atom. The predicted octanol–water partition coefficient (Wildman–Crippen LogP) is 6.87. The average molecular weight is 380 g/mol. The lowest BCUT2D eigenvalue weighted by atomic mass is 9.89. The second kappa shape index (κ2) is 6.38. The highest BCUT2D eigenvalue weighted by Crippen LogP contribution is 2.46. The Labute approximate surface area is 161 Å². The molecule has 27 heavy (non-hydrogen) atoms. The Hall–Kier alpha value is -2.33. The average Bonchev–Trinajstić information content (AvgIpc) is 2.98. The molecule has 2 aliphatic rings. The maximum atomic E-state index is 13.8. The first kappa shape index (κ1) is 16.8. The number of aliphatic hydroxyl groups is 1. The lowest BCUT2D eigenvalue weighted by Gasteiger charge is -2.24. The van der Waals surface area contributed by atoms with Crippen molar-refractivity contribution in [3.63, 3.8) is 0 Å². The minimum absolute atomic E-state index is 0.245. The largest absolute Gasteiger partial charge is 0.506 e. The Morgan fingerprint density at radius 2 is 2.00 bits per heavy atom. The van der Waals surface area contributed by atoms with Crippen LogP contribution in [0.1, 0.15) is 43.0 Å². The van der Waals surface area contributed by atoms with Crippen molar-refractivity contribution in [1.82, 2.24) is 0 Å². The molecule has 1 unspecified atom stereocenters. The normalized spacial score (nSPS) is 18.7. The van der Waals surface area contributed by atoms with Gasteiger partial charge in [-0.1, -0.05) is 6.07 Å². The van der Waals surface area contributed by atoms with Crippen LogP contribution in [-0.2, 0) is 6.42 Å². The fourth-order valence-corrected chi connectivity index (χ4v) is 5.20. The van der Waals surface area contributed by atoms with Crippen LogP contribution < -0.4 is 4.74 Å². The standard InChI is InChI=1S/C23H21FO2S/c1-13-5-6-15-11-16(7-10-19(15)26-13)21-18-9-8-17(24)12-20(18)27-23(21)22(25)14-3-2-4-14/h7-13,25H,2-6H2,1H3. The van der Waals surface area contributed by atoms with Gasteiger partial charge in [-0.05, 0) is 86.1 Å². The molecule has 4 heteroatoms. The van der Waals surface area contributed by atoms with Crippen LogP contribution in [0, 0.1) is 5.82 Å². The molecule has 1 fully saturated rings. The highest BCUT2D eigenvalue weighted by molar-refractivity contribution is 7.20. The molecule has 0 spiro atoms. The topological polar surface area (TPSA) is 29.5 Å². The number of benzene rings is 2. The summed E-state index contributed by atoms with van der Waals surface area (Å²) >= 11 is 1.48. The smallest absolute Gasteiger partial charge is 0.132 e. The summed E-state index contributed by atoms with van der Waals surface area (Å²) < 4.78 is 20.6. The SMILES string of the molecule is CC1CCc2cc(-c3c(C(O)=C4CCC4)sc4cc(F)ccc34)ccc2O1. The highest BCUT2D eigenvalue weighted by Gasteiger charge is 2.24. The van der Waals surface area contributed by atoms with Crippen molar-refractivity contribution in [2.24, 2.45) is 0 Å². The Morgan fingerprint density at radius 3 is 2.78 bits per heavy atom. The third kappa shape index (κ3) is 2.83. The van der Waals surface area contributed by atoms with E-state index in [2.05, 4.69) is 19.1 Å². The van der Waals surface area contributed by atoms with Gasteiger partial charge in [-0.15, -0.1) is 11.3 Å². The molecule has 1 aliphatic heterocycles. The van der Waals surface area contributed by atoms with Gasteiger partial charge in [0.1, 0.15) is 17.3 Å². The molecule has 1 atom stereocenters. The minimum Gasteiger partial charge on any atom is -0.506 e. The number of hydrogen-bond donors (Lipinski definition) is 1. The second-order valence-corrected chi connectivity index (χ2v) is 8.59. The number of allylic oxidation sites excluding steroid dienone is 1. The number of fused-ring (bicyclic) bond motifs is 2. The first-order valence-electron chi connectivity index (χ1n) is 9.53. The van der Waals surface area contributed by atoms with Crippen LogP contribution in [0.2, 0.25) is 0 Å². The zero-order valence-electron chi connectivity index (χ0n) is 15.2. The van der Waals surface area contributed by atoms with Gasteiger partial charge in [0.25, 0.3) is 0 Å². The van der Waals surface area contributed by atoms with Crippen molar-refractivity contribution in [3.8, 4) is 16.9 Å². The van der Waals surface area contributed by atoms with E-state index in [1.54, 1.807) is 6.07 Å². The van der Waals surface area contributed by atoms with Crippen molar-refractivity contribution in [1.29, 1.82) is 0 Å². The van der Waals surface area contributed by atoms with Crippen molar-refractivity contribution in [2.45, 2.75) is 45.1 Å². The van der Waals surface area contributed by atoms with Crippen LogP contribution in [0.15, 0.2) is 42.0 Å². The Kier molecular flexibility index (Phi) is 3.97. The number of aryl methyl sites for hydroxylation is 1. The number of aliphatic hydroxyl groups excluding tert-OH is 1. The predicted molar refractivity (Wildman–Crippen MR) is 109 cm³/mol. The lowest BCUT2D eigenvalue weighted by molar-refractivity contribution is 0.192. The van der Waals surface area contributed by atoms with Crippen LogP contribution in [-0.4, -0.2) is 11.2 Å². The number of ether oxygens (including phenoxy) is 1. The Balaban J connectivity index is 1.72. The molecule has 1 aliphatic carbocycles. The summed E-state index contributed by atoms with van der Waals surface area (Å²) in [4.78, 5) is 0.857. The summed E-state index contributed by atoms with van der Waals surface area (Å²) in [6, 6.07) is 11.2. The molecule has 0 bridgehead atoms. The summed E-state index contributed by atoms with van der Waals surface area (Å²) in [6.07, 6.45) is 5.27. The molecule has 0 amide bonds. The van der Waals surface area contributed by atoms with Crippen molar-refractivity contribution in [2.75, 3.05) is 0 Å². The van der Waals surface area contributed by atoms with Gasteiger partial charge in [0, 0.05) is 15.6 Å². The zero-order chi connectivity index (χ0) is 18.5. The number of halogens is 1. The third-order valence-corrected chi connectivity index (χ3v) is 6.82. The van der Waals surface area contributed by atoms with Crippen LogP contribution >= 0.6 is 11.3 Å². The van der Waals surface area contributed by atoms with Gasteiger partial charge >= 0.3 is 0 Å². The number of thiophene rings is 1. The summed E-state index contributed by atoms with van der Waals surface area (Å²) in [7, 11) is 0. The number of rotatable bonds is 2. The van der Waals surface area contributed by atoms with Crippen molar-refractivity contribution >= 4 is 27.2 Å². The summed E-state index contributed by atoms with van der Waals surface area (Å²) in [6.45, 7) is 2.10. The van der Waals surface area contributed by atoms with E-state index in [4.69, 9.17) is 4.74 Å². The van der Waals surface area contributed by atoms with Gasteiger partial charge in [0.2, 0.25) is 0 Å². The quantitative estimate of drug-likeness (QED) is 0.491. The van der Waals surface area contributed by atoms with Gasteiger partial charge in [-0.2, -0.15) is 0 Å². The monoisotopic (exact) mass is 380 g/mol. The first-order chi connectivity index (χ1) is 13.1. The van der Waals surface area contributed by atoms with Crippen molar-refractivity contribution < 1.29 is 14.2 Å². The molecule has 5 rings (SSSR count). The van der Waals surface area contributed by atoms with E-state index < -0.39 is 0 Å². The summed E-state index contributed by atoms with van der Waals surface area (Å²) in [5.41, 5.74) is 4.38. The van der Waals surface area contributed by atoms with E-state index in [0.29, 0.717) is 5.76 Å². The van der Waals surface area contributed by atoms with E-state index in [9.17, 15) is 9.50 Å². The fourth-order valence-electron chi connectivity index (χ4n) is 3.95. The maximum absolute atomic E-state index is 13.8. The van der Waals surface area contributed by atoms with Gasteiger partial charge < -0.3 is 9.84 Å². The van der Waals surface area contributed by atoms with Gasteiger partial charge in [0.05, 0.1) is 11.0 Å². The molecule has 1 N–H and O–H groups in total. The molecule has 1 aromatic heterocycles. The molecule has 3 aromatic rings. The summed E-state index contributed by atoms with van der Waals surface area (Å²) in [5.74, 6) is 1.09. The van der Waals surface area contributed by atoms with E-state index in [1.807, 2.05) is 12.1 Å². The van der Waals surface area contributed by atoms with Crippen molar-refractivity contribution in [3.05, 3.63) is 58.2 Å². The molecule has 2 aromatic carbocycles. The third-order valence-electron chi connectivity index (χ3n) is 5.66. The molecule has 2 heterocycles. The molecule has 2 nitrogen and oxygen atoms in total. The molecule has 0 saturated heterocycles. The number of hydrogen-bond acceptors (Lipinski definition) is 3. The van der Waals surface area contributed by atoms with Gasteiger partial charge in [-0.25, -0.2) is 4.39 Å². The van der Waals surface area contributed by atoms with Crippen LogP contribution in [0.25, 0.3) is 27.0 Å². The first-order valence-corrected chi connectivity index (χ1v) is 10.3. The van der Waals surface area contributed by atoms with Crippen LogP contribution in [0.5, 0.6) is 5.75 Å². The molecular weight excluding hydrogens is 359 g/mol. The minimum atomic E-state index is -0.245. The molecular formula is C23H21FO2S. The fraction of sp³-hybridized carbons (Fsp3) is 0.304. The zero-order valence-corrected chi connectivity index (χ0v) is 16.0. The Bertz CT molecular complexity index is 1070. The van der Waals surface area contributed by atoms with Crippen LogP contribution in [0.3, 0.4) is 0 Å². The second-order valence-electron chi connectivity index (χ2n) is 7.54. The van der Waals surface area contributed by atoms with Gasteiger partial charge in [0.15, 0.2) is 0 Å². The summed E-state index contributed by atoms with van der Waals surface area (Å²) in [5, 5.41) is 11.9. The van der Waals surface area contributed by atoms with E-state index in [0.717, 1.165) is 69.5 Å². The van der Waals surface area contributed by atoms with E-state index >= 15 is 0 Å². The van der Waals surface area contributed by atoms with E-state index in [1.165, 1.54) is 23.0 Å². The molecule has 1 saturated carbocycles. The van der Waals surface area contributed by atoms with Crippen LogP contribution in [0.4, 0.5) is 4.39 Å².